The number of benzene rings is 3. The summed E-state index contributed by atoms with van der Waals surface area (Å²) >= 11 is 4.26. The van der Waals surface area contributed by atoms with Crippen molar-refractivity contribution in [3.8, 4) is 5.75 Å². The Balaban J connectivity index is 2.00. The van der Waals surface area contributed by atoms with Gasteiger partial charge < -0.3 is 43.0 Å². The summed E-state index contributed by atoms with van der Waals surface area (Å²) in [5.74, 6) is -5.33. The first kappa shape index (κ1) is 43.7. The molecule has 0 spiro atoms. The number of ether oxygens (including phenoxy) is 1. The maximum atomic E-state index is 14.7. The Hall–Kier alpha value is -5.68. The van der Waals surface area contributed by atoms with Gasteiger partial charge in [-0.05, 0) is 48.8 Å². The van der Waals surface area contributed by atoms with Gasteiger partial charge in [-0.2, -0.15) is 12.6 Å². The number of amides is 5. The number of carboxylic acids is 1. The lowest BCUT2D eigenvalue weighted by molar-refractivity contribution is -0.138. The van der Waals surface area contributed by atoms with E-state index in [-0.39, 0.29) is 54.7 Å². The maximum absolute atomic E-state index is 14.7. The molecule has 3 aromatic rings. The van der Waals surface area contributed by atoms with Gasteiger partial charge in [-0.25, -0.2) is 4.90 Å². The van der Waals surface area contributed by atoms with Crippen molar-refractivity contribution in [1.82, 2.24) is 16.0 Å². The van der Waals surface area contributed by atoms with Crippen LogP contribution in [0.1, 0.15) is 56.3 Å². The molecule has 55 heavy (non-hydrogen) atoms. The third-order valence-corrected chi connectivity index (χ3v) is 9.31. The van der Waals surface area contributed by atoms with E-state index in [1.165, 1.54) is 7.11 Å². The molecule has 3 aromatic carbocycles. The number of hydrogen-bond acceptors (Lipinski definition) is 10. The second kappa shape index (κ2) is 21.3. The number of nitrogens with two attached hydrogens (primary N) is 3. The van der Waals surface area contributed by atoms with Crippen LogP contribution in [0.3, 0.4) is 0 Å². The van der Waals surface area contributed by atoms with Gasteiger partial charge in [0, 0.05) is 35.7 Å². The van der Waals surface area contributed by atoms with Gasteiger partial charge >= 0.3 is 5.97 Å². The number of nitrogens with one attached hydrogen (secondary N) is 3. The van der Waals surface area contributed by atoms with Crippen LogP contribution in [0.5, 0.6) is 5.75 Å². The first-order valence-corrected chi connectivity index (χ1v) is 18.4. The molecule has 0 radical (unpaired) electrons. The van der Waals surface area contributed by atoms with Gasteiger partial charge in [0.25, 0.3) is 11.8 Å². The lowest BCUT2D eigenvalue weighted by Crippen LogP contribution is -2.59. The zero-order valence-corrected chi connectivity index (χ0v) is 32.0. The fraction of sp³-hybridized carbons (Fsp3) is 0.395. The van der Waals surface area contributed by atoms with Crippen molar-refractivity contribution in [3.63, 3.8) is 0 Å². The molecule has 0 aliphatic heterocycles. The normalized spacial score (nSPS) is 13.6. The van der Waals surface area contributed by atoms with E-state index in [1.54, 1.807) is 61.5 Å². The molecule has 5 amide bonds. The third kappa shape index (κ3) is 12.4. The number of rotatable bonds is 20. The lowest BCUT2D eigenvalue weighted by Gasteiger charge is -2.29. The number of aliphatic carboxylic acids is 1. The van der Waals surface area contributed by atoms with Crippen LogP contribution < -0.4 is 42.8 Å². The predicted molar refractivity (Wildman–Crippen MR) is 213 cm³/mol. The third-order valence-electron chi connectivity index (χ3n) is 8.95. The molecule has 0 fully saturated rings. The molecular weight excluding hydrogens is 729 g/mol. The highest BCUT2D eigenvalue weighted by Gasteiger charge is 2.35. The standard InChI is InChI=1S/C38H50N8O8S/c1-4-22(2)32(39)35(51)43-27(16-17-31(47)48)33(49)45-29(21-55)34(50)44-28(15-10-18-42-38(40)41)37(53)46(36(52)23-11-6-5-7-12-23)25-19-24-13-8-9-14-26(24)30(20-25)54-3/h5-9,11-14,19-20,22,27-29,32,55H,4,10,15-18,21,39H2,1-3H3,(H,43,51)(H,44,50)(H,45,49)(H,47,48)(H4,40,41,42)/t22-,27-,28-,29-,32-/m0/s1. The number of aliphatic imine (C=N–C) groups is 1. The summed E-state index contributed by atoms with van der Waals surface area (Å²) < 4.78 is 5.63. The molecule has 0 heterocycles. The van der Waals surface area contributed by atoms with E-state index < -0.39 is 66.1 Å². The molecule has 296 valence electrons. The van der Waals surface area contributed by atoms with E-state index in [0.29, 0.717) is 17.6 Å². The number of carboxylic acid groups (broad SMARTS) is 1. The second-order valence-corrected chi connectivity index (χ2v) is 13.2. The van der Waals surface area contributed by atoms with Gasteiger partial charge in [0.2, 0.25) is 17.7 Å². The van der Waals surface area contributed by atoms with Crippen molar-refractivity contribution >= 4 is 70.6 Å². The van der Waals surface area contributed by atoms with E-state index in [4.69, 9.17) is 21.9 Å². The fourth-order valence-corrected chi connectivity index (χ4v) is 5.84. The molecule has 0 aliphatic carbocycles. The van der Waals surface area contributed by atoms with Gasteiger partial charge in [0.15, 0.2) is 5.96 Å². The topological polar surface area (TPSA) is 262 Å². The lowest BCUT2D eigenvalue weighted by atomic mass is 9.98. The van der Waals surface area contributed by atoms with Crippen LogP contribution >= 0.6 is 12.6 Å². The van der Waals surface area contributed by atoms with Gasteiger partial charge in [-0.15, -0.1) is 0 Å². The van der Waals surface area contributed by atoms with Crippen molar-refractivity contribution < 1.29 is 38.6 Å². The fourth-order valence-electron chi connectivity index (χ4n) is 5.59. The van der Waals surface area contributed by atoms with Crippen molar-refractivity contribution in [2.75, 3.05) is 24.3 Å². The number of anilines is 1. The second-order valence-electron chi connectivity index (χ2n) is 12.9. The van der Waals surface area contributed by atoms with Crippen LogP contribution in [0, 0.1) is 5.92 Å². The van der Waals surface area contributed by atoms with Gasteiger partial charge in [0.1, 0.15) is 23.9 Å². The Morgan fingerprint density at radius 3 is 2.11 bits per heavy atom. The number of fused-ring (bicyclic) bond motifs is 1. The summed E-state index contributed by atoms with van der Waals surface area (Å²) in [5.41, 5.74) is 17.4. The molecule has 10 N–H and O–H groups in total. The molecular formula is C38H50N8O8S. The van der Waals surface area contributed by atoms with Crippen molar-refractivity contribution in [2.45, 2.75) is 70.1 Å². The van der Waals surface area contributed by atoms with Gasteiger partial charge in [0.05, 0.1) is 18.8 Å². The van der Waals surface area contributed by atoms with Crippen LogP contribution in [-0.2, 0) is 24.0 Å². The SMILES string of the molecule is CC[C@H](C)[C@H](N)C(=O)N[C@@H](CCC(=O)O)C(=O)N[C@@H](CS)C(=O)N[C@@H](CCCN=C(N)N)C(=O)N(C(=O)c1ccccc1)c1cc(OC)c2ccccc2c1. The minimum Gasteiger partial charge on any atom is -0.496 e. The number of carbonyl (C=O) groups excluding carboxylic acids is 5. The van der Waals surface area contributed by atoms with E-state index in [9.17, 15) is 33.9 Å². The van der Waals surface area contributed by atoms with E-state index in [0.717, 1.165) is 10.3 Å². The van der Waals surface area contributed by atoms with Crippen LogP contribution in [0.2, 0.25) is 0 Å². The minimum atomic E-state index is -1.37. The van der Waals surface area contributed by atoms with E-state index in [2.05, 4.69) is 33.6 Å². The summed E-state index contributed by atoms with van der Waals surface area (Å²) in [7, 11) is 1.47. The number of imide groups is 1. The molecule has 0 aliphatic rings. The average molecular weight is 779 g/mol. The Kier molecular flexibility index (Phi) is 16.9. The monoisotopic (exact) mass is 778 g/mol. The van der Waals surface area contributed by atoms with Gasteiger partial charge in [-0.3, -0.25) is 33.8 Å². The summed E-state index contributed by atoms with van der Waals surface area (Å²) in [6.45, 7) is 3.70. The molecule has 17 heteroatoms. The summed E-state index contributed by atoms with van der Waals surface area (Å²) in [6, 6.07) is 13.5. The van der Waals surface area contributed by atoms with Crippen LogP contribution in [0.25, 0.3) is 10.8 Å². The van der Waals surface area contributed by atoms with Crippen LogP contribution in [0.15, 0.2) is 71.7 Å². The number of thiol groups is 1. The number of carbonyl (C=O) groups is 6. The Bertz CT molecular complexity index is 1860. The highest BCUT2D eigenvalue weighted by Crippen LogP contribution is 2.33. The Morgan fingerprint density at radius 1 is 0.873 bits per heavy atom. The number of nitrogens with zero attached hydrogens (tertiary/aromatic N) is 2. The molecule has 0 unspecified atom stereocenters. The summed E-state index contributed by atoms with van der Waals surface area (Å²) in [5, 5.41) is 18.4. The van der Waals surface area contributed by atoms with E-state index >= 15 is 0 Å². The minimum absolute atomic E-state index is 0.0390. The smallest absolute Gasteiger partial charge is 0.303 e. The summed E-state index contributed by atoms with van der Waals surface area (Å²) in [4.78, 5) is 85.4. The van der Waals surface area contributed by atoms with Crippen LogP contribution in [-0.4, -0.2) is 90.1 Å². The maximum Gasteiger partial charge on any atom is 0.303 e. The quantitative estimate of drug-likeness (QED) is 0.0354. The first-order chi connectivity index (χ1) is 26.2. The highest BCUT2D eigenvalue weighted by atomic mass is 32.1. The number of hydrogen-bond donors (Lipinski definition) is 8. The Morgan fingerprint density at radius 2 is 1.49 bits per heavy atom. The van der Waals surface area contributed by atoms with Crippen molar-refractivity contribution in [2.24, 2.45) is 28.1 Å². The zero-order valence-electron chi connectivity index (χ0n) is 31.1. The molecule has 0 saturated carbocycles. The Labute approximate surface area is 325 Å². The van der Waals surface area contributed by atoms with Crippen molar-refractivity contribution in [1.29, 1.82) is 0 Å². The number of guanidine groups is 1. The van der Waals surface area contributed by atoms with E-state index in [1.807, 2.05) is 19.1 Å². The predicted octanol–water partition coefficient (Wildman–Crippen LogP) is 1.70. The van der Waals surface area contributed by atoms with Crippen molar-refractivity contribution in [3.05, 3.63) is 72.3 Å². The molecule has 0 bridgehead atoms. The molecule has 0 aromatic heterocycles. The van der Waals surface area contributed by atoms with Gasteiger partial charge in [-0.1, -0.05) is 62.7 Å². The summed E-state index contributed by atoms with van der Waals surface area (Å²) in [6.07, 6.45) is -0.0228. The molecule has 5 atom stereocenters. The molecule has 3 rings (SSSR count). The number of methoxy groups -OCH3 is 1. The van der Waals surface area contributed by atoms with Crippen LogP contribution in [0.4, 0.5) is 5.69 Å². The molecule has 0 saturated heterocycles. The highest BCUT2D eigenvalue weighted by molar-refractivity contribution is 7.80. The molecule has 16 nitrogen and oxygen atoms in total. The first-order valence-electron chi connectivity index (χ1n) is 17.8. The zero-order chi connectivity index (χ0) is 40.7. The largest absolute Gasteiger partial charge is 0.496 e. The average Bonchev–Trinajstić information content (AvgIpc) is 3.18.